The maximum atomic E-state index is 10.0. The average molecular weight is 148 g/mol. The molecule has 0 saturated carbocycles. The van der Waals surface area contributed by atoms with Gasteiger partial charge in [0.1, 0.15) is 12.7 Å². The van der Waals surface area contributed by atoms with E-state index in [-0.39, 0.29) is 6.10 Å². The summed E-state index contributed by atoms with van der Waals surface area (Å²) in [6, 6.07) is 0. The van der Waals surface area contributed by atoms with Crippen LogP contribution in [0.2, 0.25) is 0 Å². The lowest BCUT2D eigenvalue weighted by atomic mass is 10.5. The van der Waals surface area contributed by atoms with Gasteiger partial charge < -0.3 is 14.2 Å². The molecule has 1 aliphatic heterocycles. The molecular weight excluding hydrogens is 136 g/mol. The zero-order valence-electron chi connectivity index (χ0n) is 6.42. The fraction of sp³-hybridized carbons (Fsp3) is 0.833. The number of hydrogen-bond donors (Lipinski definition) is 0. The van der Waals surface area contributed by atoms with Crippen LogP contribution in [0.15, 0.2) is 0 Å². The van der Waals surface area contributed by atoms with Gasteiger partial charge in [-0.3, -0.25) is 0 Å². The minimum atomic E-state index is -0.549. The number of carbonyl (C=O) groups is 1. The summed E-state index contributed by atoms with van der Waals surface area (Å²) >= 11 is 0. The highest BCUT2D eigenvalue weighted by Gasteiger charge is 2.19. The smallest absolute Gasteiger partial charge is 0.430 e. The van der Waals surface area contributed by atoms with E-state index in [0.717, 1.165) is 0 Å². The summed E-state index contributed by atoms with van der Waals surface area (Å²) in [5.74, 6) is 0. The molecule has 0 aliphatic carbocycles. The second kappa shape index (κ2) is 5.05. The quantitative estimate of drug-likeness (QED) is 0.477. The molecule has 0 spiro atoms. The van der Waals surface area contributed by atoms with Crippen LogP contribution >= 0.6 is 0 Å². The van der Waals surface area contributed by atoms with Gasteiger partial charge in [-0.1, -0.05) is 0 Å². The molecular formula is C6H12O4. The van der Waals surface area contributed by atoms with Gasteiger partial charge in [0, 0.05) is 14.2 Å². The molecule has 0 aromatic rings. The largest absolute Gasteiger partial charge is 0.508 e. The highest BCUT2D eigenvalue weighted by Crippen LogP contribution is 2.02. The molecule has 0 aromatic carbocycles. The third-order valence-corrected chi connectivity index (χ3v) is 0.733. The van der Waals surface area contributed by atoms with Crippen molar-refractivity contribution in [3.8, 4) is 0 Å². The molecule has 1 heterocycles. The molecule has 1 saturated heterocycles. The second-order valence-electron chi connectivity index (χ2n) is 1.90. The Morgan fingerprint density at radius 3 is 2.20 bits per heavy atom. The van der Waals surface area contributed by atoms with Crippen LogP contribution < -0.4 is 0 Å². The number of rotatable bonds is 0. The summed E-state index contributed by atoms with van der Waals surface area (Å²) in [5, 5.41) is 0. The van der Waals surface area contributed by atoms with Crippen molar-refractivity contribution < 1.29 is 19.0 Å². The Morgan fingerprint density at radius 1 is 1.60 bits per heavy atom. The topological polar surface area (TPSA) is 44.8 Å². The standard InChI is InChI=1S/C4H6O3.C2H6O/c1-3-2-6-4(5)7-3;1-3-2/h3H,2H2,1H3;1-2H3. The van der Waals surface area contributed by atoms with E-state index < -0.39 is 6.16 Å². The molecule has 10 heavy (non-hydrogen) atoms. The summed E-state index contributed by atoms with van der Waals surface area (Å²) in [5.41, 5.74) is 0. The van der Waals surface area contributed by atoms with Gasteiger partial charge in [0.2, 0.25) is 0 Å². The minimum absolute atomic E-state index is 0.0486. The molecule has 0 bridgehead atoms. The highest BCUT2D eigenvalue weighted by molar-refractivity contribution is 5.61. The van der Waals surface area contributed by atoms with Gasteiger partial charge in [-0.15, -0.1) is 0 Å². The maximum Gasteiger partial charge on any atom is 0.508 e. The van der Waals surface area contributed by atoms with E-state index in [1.807, 2.05) is 0 Å². The molecule has 1 rings (SSSR count). The van der Waals surface area contributed by atoms with Crippen LogP contribution in [0.3, 0.4) is 0 Å². The van der Waals surface area contributed by atoms with E-state index in [2.05, 4.69) is 14.2 Å². The fourth-order valence-corrected chi connectivity index (χ4v) is 0.418. The van der Waals surface area contributed by atoms with Crippen LogP contribution in [0.1, 0.15) is 6.92 Å². The lowest BCUT2D eigenvalue weighted by Crippen LogP contribution is -2.01. The van der Waals surface area contributed by atoms with Crippen LogP contribution in [-0.4, -0.2) is 33.1 Å². The SMILES string of the molecule is CC1COC(=O)O1.COC. The van der Waals surface area contributed by atoms with Crippen molar-refractivity contribution in [2.75, 3.05) is 20.8 Å². The van der Waals surface area contributed by atoms with Crippen LogP contribution in [0, 0.1) is 0 Å². The molecule has 0 N–H and O–H groups in total. The average Bonchev–Trinajstić information content (AvgIpc) is 2.17. The van der Waals surface area contributed by atoms with Gasteiger partial charge in [0.15, 0.2) is 0 Å². The van der Waals surface area contributed by atoms with E-state index in [4.69, 9.17) is 0 Å². The number of cyclic esters (lactones) is 2. The van der Waals surface area contributed by atoms with Crippen molar-refractivity contribution in [2.45, 2.75) is 13.0 Å². The van der Waals surface area contributed by atoms with Gasteiger partial charge in [-0.2, -0.15) is 0 Å². The van der Waals surface area contributed by atoms with E-state index in [9.17, 15) is 4.79 Å². The first kappa shape index (κ1) is 9.23. The molecule has 60 valence electrons. The van der Waals surface area contributed by atoms with Crippen LogP contribution in [0.25, 0.3) is 0 Å². The van der Waals surface area contributed by atoms with Crippen molar-refractivity contribution in [1.29, 1.82) is 0 Å². The van der Waals surface area contributed by atoms with Crippen LogP contribution in [0.4, 0.5) is 4.79 Å². The highest BCUT2D eigenvalue weighted by atomic mass is 16.8. The summed E-state index contributed by atoms with van der Waals surface area (Å²) in [6.45, 7) is 2.18. The van der Waals surface area contributed by atoms with E-state index in [1.165, 1.54) is 0 Å². The van der Waals surface area contributed by atoms with Gasteiger partial charge in [-0.25, -0.2) is 4.79 Å². The monoisotopic (exact) mass is 148 g/mol. The molecule has 0 amide bonds. The zero-order valence-corrected chi connectivity index (χ0v) is 6.42. The number of hydrogen-bond acceptors (Lipinski definition) is 4. The second-order valence-corrected chi connectivity index (χ2v) is 1.90. The first-order chi connectivity index (χ1) is 4.70. The third-order valence-electron chi connectivity index (χ3n) is 0.733. The summed E-state index contributed by atoms with van der Waals surface area (Å²) in [4.78, 5) is 10.0. The normalized spacial score (nSPS) is 22.3. The molecule has 1 atom stereocenters. The van der Waals surface area contributed by atoms with Gasteiger partial charge in [-0.05, 0) is 6.92 Å². The summed E-state index contributed by atoms with van der Waals surface area (Å²) < 4.78 is 13.2. The number of ether oxygens (including phenoxy) is 3. The lowest BCUT2D eigenvalue weighted by molar-refractivity contribution is 0.121. The fourth-order valence-electron chi connectivity index (χ4n) is 0.418. The van der Waals surface area contributed by atoms with Crippen molar-refractivity contribution in [3.63, 3.8) is 0 Å². The predicted octanol–water partition coefficient (Wildman–Crippen LogP) is 0.804. The predicted molar refractivity (Wildman–Crippen MR) is 34.8 cm³/mol. The van der Waals surface area contributed by atoms with Crippen LogP contribution in [-0.2, 0) is 14.2 Å². The summed E-state index contributed by atoms with van der Waals surface area (Å²) in [7, 11) is 3.25. The molecule has 1 fully saturated rings. The Labute approximate surface area is 60.1 Å². The Hall–Kier alpha value is -0.770. The number of methoxy groups -OCH3 is 1. The Morgan fingerprint density at radius 2 is 2.10 bits per heavy atom. The summed E-state index contributed by atoms with van der Waals surface area (Å²) in [6.07, 6.45) is -0.597. The molecule has 1 unspecified atom stereocenters. The van der Waals surface area contributed by atoms with Crippen molar-refractivity contribution in [3.05, 3.63) is 0 Å². The number of carbonyl (C=O) groups excluding carboxylic acids is 1. The van der Waals surface area contributed by atoms with E-state index in [1.54, 1.807) is 21.1 Å². The van der Waals surface area contributed by atoms with Crippen molar-refractivity contribution >= 4 is 6.16 Å². The first-order valence-electron chi connectivity index (χ1n) is 2.94. The third kappa shape index (κ3) is 4.14. The van der Waals surface area contributed by atoms with Crippen LogP contribution in [0.5, 0.6) is 0 Å². The van der Waals surface area contributed by atoms with E-state index in [0.29, 0.717) is 6.61 Å². The van der Waals surface area contributed by atoms with E-state index >= 15 is 0 Å². The Balaban J connectivity index is 0.000000236. The van der Waals surface area contributed by atoms with Gasteiger partial charge in [0.05, 0.1) is 0 Å². The van der Waals surface area contributed by atoms with Gasteiger partial charge >= 0.3 is 6.16 Å². The zero-order chi connectivity index (χ0) is 7.98. The Kier molecular flexibility index (Phi) is 4.66. The molecule has 4 nitrogen and oxygen atoms in total. The maximum absolute atomic E-state index is 10.0. The first-order valence-corrected chi connectivity index (χ1v) is 2.94. The molecule has 4 heteroatoms. The van der Waals surface area contributed by atoms with Crippen molar-refractivity contribution in [2.24, 2.45) is 0 Å². The molecule has 0 radical (unpaired) electrons. The lowest BCUT2D eigenvalue weighted by Gasteiger charge is -1.90. The Bertz CT molecular complexity index is 102. The van der Waals surface area contributed by atoms with Crippen molar-refractivity contribution in [1.82, 2.24) is 0 Å². The minimum Gasteiger partial charge on any atom is -0.430 e. The molecule has 0 aromatic heterocycles. The van der Waals surface area contributed by atoms with Gasteiger partial charge in [0.25, 0.3) is 0 Å². The molecule has 1 aliphatic rings.